The van der Waals surface area contributed by atoms with Crippen LogP contribution < -0.4 is 10.0 Å². The lowest BCUT2D eigenvalue weighted by Gasteiger charge is -2.29. The molecule has 1 amide bonds. The predicted octanol–water partition coefficient (Wildman–Crippen LogP) is 6.57. The molecule has 0 aliphatic heterocycles. The maximum atomic E-state index is 14.1. The number of hydrogen-bond acceptors (Lipinski definition) is 5. The van der Waals surface area contributed by atoms with Crippen molar-refractivity contribution in [2.24, 2.45) is 5.92 Å². The Morgan fingerprint density at radius 3 is 2.32 bits per heavy atom. The largest absolute Gasteiger partial charge is 0.483 e. The van der Waals surface area contributed by atoms with Crippen molar-refractivity contribution < 1.29 is 32.3 Å². The summed E-state index contributed by atoms with van der Waals surface area (Å²) >= 11 is 3.54. The third kappa shape index (κ3) is 9.14. The minimum Gasteiger partial charge on any atom is -0.483 e. The number of nitrogens with one attached hydrogen (secondary N) is 2. The van der Waals surface area contributed by atoms with Crippen LogP contribution in [0.2, 0.25) is 0 Å². The van der Waals surface area contributed by atoms with Crippen LogP contribution in [-0.2, 0) is 15.8 Å². The molecule has 1 aliphatic rings. The number of aromatic nitrogens is 1. The second-order valence-corrected chi connectivity index (χ2v) is 8.88. The molecule has 0 saturated heterocycles. The maximum Gasteiger partial charge on any atom is 0.416 e. The molecule has 0 radical (unpaired) electrons. The van der Waals surface area contributed by atoms with Gasteiger partial charge in [0, 0.05) is 18.3 Å². The summed E-state index contributed by atoms with van der Waals surface area (Å²) < 4.78 is 54.7. The van der Waals surface area contributed by atoms with E-state index in [2.05, 4.69) is 40.0 Å². The van der Waals surface area contributed by atoms with E-state index in [4.69, 9.17) is 9.90 Å². The molecule has 204 valence electrons. The Bertz CT molecular complexity index is 1160. The number of nitrogens with zero attached hydrogens (tertiary/aromatic N) is 1. The van der Waals surface area contributed by atoms with Crippen LogP contribution in [0.1, 0.15) is 42.7 Å². The first kappa shape index (κ1) is 30.8. The summed E-state index contributed by atoms with van der Waals surface area (Å²) in [5.74, 6) is -1.58. The number of alkyl halides is 3. The van der Waals surface area contributed by atoms with Gasteiger partial charge in [0.05, 0.1) is 11.3 Å². The lowest BCUT2D eigenvalue weighted by Crippen LogP contribution is -2.28. The van der Waals surface area contributed by atoms with E-state index >= 15 is 0 Å². The highest BCUT2D eigenvalue weighted by Crippen LogP contribution is 2.38. The molecule has 1 fully saturated rings. The molecule has 0 spiro atoms. The lowest BCUT2D eigenvalue weighted by molar-refractivity contribution is -0.137. The fourth-order valence-corrected chi connectivity index (χ4v) is 4.24. The zero-order valence-corrected chi connectivity index (χ0v) is 21.5. The van der Waals surface area contributed by atoms with Crippen molar-refractivity contribution in [2.75, 3.05) is 12.4 Å². The van der Waals surface area contributed by atoms with Gasteiger partial charge in [-0.1, -0.05) is 49.6 Å². The number of hydrogen-bond donors (Lipinski definition) is 4. The Kier molecular flexibility index (Phi) is 12.2. The average molecular weight is 552 g/mol. The van der Waals surface area contributed by atoms with Crippen LogP contribution in [0.4, 0.5) is 23.2 Å². The fourth-order valence-electron chi connectivity index (χ4n) is 4.24. The fraction of sp³-hybridized carbons (Fsp3) is 0.296. The van der Waals surface area contributed by atoms with Crippen LogP contribution >= 0.6 is 12.8 Å². The second kappa shape index (κ2) is 15.1. The number of benzene rings is 2. The zero-order valence-electron chi connectivity index (χ0n) is 20.6. The number of halogens is 4. The highest BCUT2D eigenvalue weighted by molar-refractivity contribution is 7.78. The highest BCUT2D eigenvalue weighted by atomic mass is 32.1. The standard InChI is InChI=1S/C25H22F4N2O.CH5NS.CH2O2/c26-22-14-21(25(27,28)29)10-11-23(22)31-24(32)19-4-1-3-18(13-19)16-6-8-17(9-7-16)20-5-2-12-30-15-20;1-2-3;2-1-3/h2,5-12,14-15,18-19H,1,3-4,13H2,(H,31,32);2-3H,1H3;1H,(H,2,3). The van der Waals surface area contributed by atoms with Crippen LogP contribution in [0.15, 0.2) is 67.0 Å². The van der Waals surface area contributed by atoms with Gasteiger partial charge in [-0.3, -0.25) is 19.3 Å². The molecule has 1 heterocycles. The lowest BCUT2D eigenvalue weighted by atomic mass is 9.77. The van der Waals surface area contributed by atoms with Gasteiger partial charge in [0.2, 0.25) is 5.91 Å². The van der Waals surface area contributed by atoms with E-state index < -0.39 is 17.6 Å². The van der Waals surface area contributed by atoms with Gasteiger partial charge in [-0.15, -0.1) is 0 Å². The van der Waals surface area contributed by atoms with Gasteiger partial charge in [0.15, 0.2) is 0 Å². The molecule has 38 heavy (non-hydrogen) atoms. The first-order chi connectivity index (χ1) is 18.1. The van der Waals surface area contributed by atoms with Crippen molar-refractivity contribution in [3.8, 4) is 11.1 Å². The second-order valence-electron chi connectivity index (χ2n) is 8.43. The Morgan fingerprint density at radius 2 is 1.76 bits per heavy atom. The van der Waals surface area contributed by atoms with Crippen molar-refractivity contribution in [2.45, 2.75) is 37.8 Å². The predicted molar refractivity (Wildman–Crippen MR) is 141 cm³/mol. The third-order valence-electron chi connectivity index (χ3n) is 5.98. The number of rotatable bonds is 4. The maximum absolute atomic E-state index is 14.1. The summed E-state index contributed by atoms with van der Waals surface area (Å²) in [6.07, 6.45) is 1.97. The summed E-state index contributed by atoms with van der Waals surface area (Å²) in [6, 6.07) is 14.2. The van der Waals surface area contributed by atoms with E-state index in [1.807, 2.05) is 24.3 Å². The SMILES string of the molecule is CNS.O=C(Nc1ccc(C(F)(F)F)cc1F)C1CCCC(c2ccc(-c3cccnc3)cc2)C1.O=CO. The molecule has 1 aliphatic carbocycles. The van der Waals surface area contributed by atoms with Gasteiger partial charge in [-0.25, -0.2) is 4.39 Å². The summed E-state index contributed by atoms with van der Waals surface area (Å²) in [5.41, 5.74) is 1.91. The van der Waals surface area contributed by atoms with Crippen molar-refractivity contribution in [1.29, 1.82) is 0 Å². The van der Waals surface area contributed by atoms with Crippen LogP contribution in [0, 0.1) is 11.7 Å². The van der Waals surface area contributed by atoms with E-state index in [-0.39, 0.29) is 29.9 Å². The number of anilines is 1. The van der Waals surface area contributed by atoms with Crippen molar-refractivity contribution in [1.82, 2.24) is 9.71 Å². The molecule has 2 unspecified atom stereocenters. The summed E-state index contributed by atoms with van der Waals surface area (Å²) in [7, 11) is 1.74. The minimum absolute atomic E-state index is 0.194. The molecule has 2 aromatic carbocycles. The normalized spacial score (nSPS) is 16.7. The molecular weight excluding hydrogens is 522 g/mol. The number of amides is 1. The molecule has 1 saturated carbocycles. The Labute approximate surface area is 224 Å². The highest BCUT2D eigenvalue weighted by Gasteiger charge is 2.32. The summed E-state index contributed by atoms with van der Waals surface area (Å²) in [4.78, 5) is 25.2. The van der Waals surface area contributed by atoms with E-state index in [1.165, 1.54) is 0 Å². The van der Waals surface area contributed by atoms with Gasteiger partial charge in [-0.2, -0.15) is 13.2 Å². The first-order valence-electron chi connectivity index (χ1n) is 11.7. The molecule has 0 bridgehead atoms. The third-order valence-corrected chi connectivity index (χ3v) is 5.98. The van der Waals surface area contributed by atoms with E-state index in [0.29, 0.717) is 18.9 Å². The van der Waals surface area contributed by atoms with Gasteiger partial charge in [0.25, 0.3) is 6.47 Å². The van der Waals surface area contributed by atoms with Gasteiger partial charge in [0.1, 0.15) is 5.82 Å². The molecular formula is C27H29F4N3O3S. The Hall–Kier alpha value is -3.44. The Morgan fingerprint density at radius 1 is 1.11 bits per heavy atom. The monoisotopic (exact) mass is 551 g/mol. The molecule has 4 rings (SSSR count). The van der Waals surface area contributed by atoms with Gasteiger partial charge >= 0.3 is 6.18 Å². The number of carboxylic acid groups (broad SMARTS) is 1. The zero-order chi connectivity index (χ0) is 28.1. The number of pyridine rings is 1. The van der Waals surface area contributed by atoms with Crippen LogP contribution in [-0.4, -0.2) is 29.5 Å². The van der Waals surface area contributed by atoms with E-state index in [1.54, 1.807) is 19.4 Å². The Balaban J connectivity index is 0.000000773. The van der Waals surface area contributed by atoms with Crippen molar-refractivity contribution in [3.05, 3.63) is 83.9 Å². The summed E-state index contributed by atoms with van der Waals surface area (Å²) in [5, 5.41) is 9.36. The number of thiol groups is 1. The van der Waals surface area contributed by atoms with Crippen molar-refractivity contribution >= 4 is 30.9 Å². The minimum atomic E-state index is -4.63. The van der Waals surface area contributed by atoms with Crippen LogP contribution in [0.3, 0.4) is 0 Å². The number of carbonyl (C=O) groups excluding carboxylic acids is 1. The van der Waals surface area contributed by atoms with Crippen LogP contribution in [0.25, 0.3) is 11.1 Å². The van der Waals surface area contributed by atoms with Crippen LogP contribution in [0.5, 0.6) is 0 Å². The summed E-state index contributed by atoms with van der Waals surface area (Å²) in [6.45, 7) is -0.250. The smallest absolute Gasteiger partial charge is 0.416 e. The van der Waals surface area contributed by atoms with Gasteiger partial charge in [-0.05, 0) is 73.2 Å². The quantitative estimate of drug-likeness (QED) is 0.167. The average Bonchev–Trinajstić information content (AvgIpc) is 2.91. The first-order valence-corrected chi connectivity index (χ1v) is 12.2. The molecule has 3 N–H and O–H groups in total. The van der Waals surface area contributed by atoms with E-state index in [0.717, 1.165) is 41.7 Å². The molecule has 11 heteroatoms. The topological polar surface area (TPSA) is 91.3 Å². The molecule has 3 aromatic rings. The molecule has 6 nitrogen and oxygen atoms in total. The van der Waals surface area contributed by atoms with E-state index in [9.17, 15) is 22.4 Å². The molecule has 1 aromatic heterocycles. The molecule has 2 atom stereocenters. The number of carbonyl (C=O) groups is 2. The van der Waals surface area contributed by atoms with Gasteiger partial charge < -0.3 is 10.4 Å². The van der Waals surface area contributed by atoms with Crippen molar-refractivity contribution in [3.63, 3.8) is 0 Å².